The molecule has 0 spiro atoms. The summed E-state index contributed by atoms with van der Waals surface area (Å²) in [5, 5.41) is 5.67. The van der Waals surface area contributed by atoms with Crippen LogP contribution in [0.25, 0.3) is 10.8 Å². The zero-order valence-electron chi connectivity index (χ0n) is 11.6. The number of hydrogen-bond donors (Lipinski definition) is 2. The van der Waals surface area contributed by atoms with Crippen LogP contribution in [-0.2, 0) is 0 Å². The van der Waals surface area contributed by atoms with Gasteiger partial charge in [-0.2, -0.15) is 0 Å². The molecule has 3 rings (SSSR count). The SMILES string of the molecule is Cc1ccnc(Nc2cccc3ccccc23)c1C(N)=S. The predicted octanol–water partition coefficient (Wildman–Crippen LogP) is 3.92. The molecule has 0 aliphatic carbocycles. The van der Waals surface area contributed by atoms with E-state index in [9.17, 15) is 0 Å². The topological polar surface area (TPSA) is 50.9 Å². The van der Waals surface area contributed by atoms with Gasteiger partial charge in [0.2, 0.25) is 0 Å². The van der Waals surface area contributed by atoms with E-state index >= 15 is 0 Å². The first-order valence-corrected chi connectivity index (χ1v) is 7.08. The molecule has 2 aromatic carbocycles. The lowest BCUT2D eigenvalue weighted by Crippen LogP contribution is -2.14. The lowest BCUT2D eigenvalue weighted by molar-refractivity contribution is 1.26. The summed E-state index contributed by atoms with van der Waals surface area (Å²) in [5.74, 6) is 0.693. The number of nitrogens with one attached hydrogen (secondary N) is 1. The molecule has 1 heterocycles. The molecular formula is C17H15N3S. The molecule has 0 saturated carbocycles. The van der Waals surface area contributed by atoms with Gasteiger partial charge in [0.1, 0.15) is 10.8 Å². The number of pyridine rings is 1. The third kappa shape index (κ3) is 2.58. The molecule has 0 radical (unpaired) electrons. The van der Waals surface area contributed by atoms with Crippen molar-refractivity contribution < 1.29 is 0 Å². The summed E-state index contributed by atoms with van der Waals surface area (Å²) >= 11 is 5.15. The normalized spacial score (nSPS) is 10.5. The molecule has 0 fully saturated rings. The predicted molar refractivity (Wildman–Crippen MR) is 92.1 cm³/mol. The molecule has 0 aliphatic heterocycles. The second-order valence-corrected chi connectivity index (χ2v) is 5.31. The molecule has 3 nitrogen and oxygen atoms in total. The highest BCUT2D eigenvalue weighted by Crippen LogP contribution is 2.27. The average molecular weight is 293 g/mol. The standard InChI is InChI=1S/C17H15N3S/c1-11-9-10-19-17(15(11)16(18)21)20-14-8-4-6-12-5-2-3-7-13(12)14/h2-10H,1H3,(H2,18,21)(H,19,20). The van der Waals surface area contributed by atoms with Gasteiger partial charge in [0.25, 0.3) is 0 Å². The minimum absolute atomic E-state index is 0.350. The number of rotatable bonds is 3. The molecule has 0 bridgehead atoms. The number of thiocarbonyl (C=S) groups is 1. The third-order valence-corrected chi connectivity index (χ3v) is 3.65. The highest BCUT2D eigenvalue weighted by atomic mass is 32.1. The number of benzene rings is 2. The van der Waals surface area contributed by atoms with Crippen LogP contribution in [0.15, 0.2) is 54.7 Å². The van der Waals surface area contributed by atoms with Crippen LogP contribution in [0.2, 0.25) is 0 Å². The summed E-state index contributed by atoms with van der Waals surface area (Å²) in [7, 11) is 0. The fraction of sp³-hybridized carbons (Fsp3) is 0.0588. The molecular weight excluding hydrogens is 278 g/mol. The van der Waals surface area contributed by atoms with Gasteiger partial charge < -0.3 is 11.1 Å². The Morgan fingerprint density at radius 3 is 2.67 bits per heavy atom. The van der Waals surface area contributed by atoms with Crippen LogP contribution in [-0.4, -0.2) is 9.97 Å². The Kier molecular flexibility index (Phi) is 3.54. The molecule has 0 unspecified atom stereocenters. The minimum Gasteiger partial charge on any atom is -0.389 e. The Hall–Kier alpha value is -2.46. The van der Waals surface area contributed by atoms with E-state index in [-0.39, 0.29) is 0 Å². The van der Waals surface area contributed by atoms with Gasteiger partial charge in [-0.3, -0.25) is 0 Å². The van der Waals surface area contributed by atoms with Crippen molar-refractivity contribution >= 4 is 39.5 Å². The van der Waals surface area contributed by atoms with E-state index in [1.54, 1.807) is 6.20 Å². The van der Waals surface area contributed by atoms with E-state index in [0.717, 1.165) is 22.2 Å². The molecule has 0 amide bonds. The van der Waals surface area contributed by atoms with Gasteiger partial charge >= 0.3 is 0 Å². The Bertz CT molecular complexity index is 822. The molecule has 0 saturated heterocycles. The Balaban J connectivity index is 2.12. The molecule has 0 atom stereocenters. The number of nitrogens with zero attached hydrogens (tertiary/aromatic N) is 1. The smallest absolute Gasteiger partial charge is 0.140 e. The van der Waals surface area contributed by atoms with Gasteiger partial charge in [-0.05, 0) is 30.0 Å². The first-order chi connectivity index (χ1) is 10.2. The number of hydrogen-bond acceptors (Lipinski definition) is 3. The number of fused-ring (bicyclic) bond motifs is 1. The molecule has 0 aliphatic rings. The van der Waals surface area contributed by atoms with E-state index in [0.29, 0.717) is 10.8 Å². The summed E-state index contributed by atoms with van der Waals surface area (Å²) in [6, 6.07) is 16.2. The third-order valence-electron chi connectivity index (χ3n) is 3.45. The van der Waals surface area contributed by atoms with E-state index in [4.69, 9.17) is 18.0 Å². The van der Waals surface area contributed by atoms with Gasteiger partial charge in [-0.1, -0.05) is 48.6 Å². The van der Waals surface area contributed by atoms with Crippen molar-refractivity contribution in [1.29, 1.82) is 0 Å². The highest BCUT2D eigenvalue weighted by Gasteiger charge is 2.11. The van der Waals surface area contributed by atoms with Gasteiger partial charge in [0.15, 0.2) is 0 Å². The largest absolute Gasteiger partial charge is 0.389 e. The van der Waals surface area contributed by atoms with Gasteiger partial charge in [0.05, 0.1) is 5.56 Å². The van der Waals surface area contributed by atoms with Crippen LogP contribution in [0.1, 0.15) is 11.1 Å². The summed E-state index contributed by atoms with van der Waals surface area (Å²) in [6.07, 6.45) is 1.75. The lowest BCUT2D eigenvalue weighted by atomic mass is 10.1. The summed E-state index contributed by atoms with van der Waals surface area (Å²) in [4.78, 5) is 4.73. The fourth-order valence-corrected chi connectivity index (χ4v) is 2.68. The Labute approximate surface area is 128 Å². The molecule has 3 N–H and O–H groups in total. The van der Waals surface area contributed by atoms with Crippen molar-refractivity contribution in [2.24, 2.45) is 5.73 Å². The summed E-state index contributed by atoms with van der Waals surface area (Å²) < 4.78 is 0. The minimum atomic E-state index is 0.350. The molecule has 4 heteroatoms. The second kappa shape index (κ2) is 5.50. The zero-order valence-corrected chi connectivity index (χ0v) is 12.4. The van der Waals surface area contributed by atoms with Crippen LogP contribution in [0.4, 0.5) is 11.5 Å². The summed E-state index contributed by atoms with van der Waals surface area (Å²) in [5.41, 5.74) is 8.63. The maximum absolute atomic E-state index is 5.83. The lowest BCUT2D eigenvalue weighted by Gasteiger charge is -2.14. The Morgan fingerprint density at radius 1 is 1.10 bits per heavy atom. The second-order valence-electron chi connectivity index (χ2n) is 4.87. The van der Waals surface area contributed by atoms with E-state index in [2.05, 4.69) is 28.5 Å². The fourth-order valence-electron chi connectivity index (χ4n) is 2.43. The van der Waals surface area contributed by atoms with Crippen molar-refractivity contribution in [3.05, 3.63) is 65.9 Å². The monoisotopic (exact) mass is 293 g/mol. The number of nitrogens with two attached hydrogens (primary N) is 1. The molecule has 3 aromatic rings. The number of aromatic nitrogens is 1. The average Bonchev–Trinajstić information content (AvgIpc) is 2.47. The van der Waals surface area contributed by atoms with Gasteiger partial charge in [0, 0.05) is 17.3 Å². The van der Waals surface area contributed by atoms with Crippen molar-refractivity contribution in [3.8, 4) is 0 Å². The zero-order chi connectivity index (χ0) is 14.8. The van der Waals surface area contributed by atoms with Crippen LogP contribution in [0.3, 0.4) is 0 Å². The van der Waals surface area contributed by atoms with Gasteiger partial charge in [-0.25, -0.2) is 4.98 Å². The Morgan fingerprint density at radius 2 is 1.86 bits per heavy atom. The van der Waals surface area contributed by atoms with Crippen molar-refractivity contribution in [3.63, 3.8) is 0 Å². The van der Waals surface area contributed by atoms with E-state index in [1.165, 1.54) is 5.39 Å². The van der Waals surface area contributed by atoms with E-state index < -0.39 is 0 Å². The van der Waals surface area contributed by atoms with Crippen LogP contribution < -0.4 is 11.1 Å². The van der Waals surface area contributed by atoms with Crippen LogP contribution in [0.5, 0.6) is 0 Å². The maximum Gasteiger partial charge on any atom is 0.140 e. The maximum atomic E-state index is 5.83. The highest BCUT2D eigenvalue weighted by molar-refractivity contribution is 7.80. The van der Waals surface area contributed by atoms with E-state index in [1.807, 2.05) is 37.3 Å². The molecule has 1 aromatic heterocycles. The van der Waals surface area contributed by atoms with Crippen LogP contribution >= 0.6 is 12.2 Å². The van der Waals surface area contributed by atoms with Crippen molar-refractivity contribution in [2.45, 2.75) is 6.92 Å². The number of anilines is 2. The van der Waals surface area contributed by atoms with Crippen LogP contribution in [0, 0.1) is 6.92 Å². The molecule has 104 valence electrons. The quantitative estimate of drug-likeness (QED) is 0.719. The summed E-state index contributed by atoms with van der Waals surface area (Å²) in [6.45, 7) is 1.98. The van der Waals surface area contributed by atoms with Crippen molar-refractivity contribution in [2.75, 3.05) is 5.32 Å². The first-order valence-electron chi connectivity index (χ1n) is 6.67. The first kappa shape index (κ1) is 13.5. The van der Waals surface area contributed by atoms with Gasteiger partial charge in [-0.15, -0.1) is 0 Å². The molecule has 21 heavy (non-hydrogen) atoms. The number of aryl methyl sites for hydroxylation is 1. The van der Waals surface area contributed by atoms with Crippen molar-refractivity contribution in [1.82, 2.24) is 4.98 Å².